The van der Waals surface area contributed by atoms with E-state index in [9.17, 15) is 18.0 Å². The molecule has 4 rings (SSSR count). The van der Waals surface area contributed by atoms with Crippen LogP contribution in [0.15, 0.2) is 66.7 Å². The summed E-state index contributed by atoms with van der Waals surface area (Å²) in [5.41, 5.74) is 2.55. The molecule has 0 bridgehead atoms. The lowest BCUT2D eigenvalue weighted by Crippen LogP contribution is -2.53. The van der Waals surface area contributed by atoms with Crippen LogP contribution in [-0.4, -0.2) is 50.0 Å². The molecule has 2 amide bonds. The van der Waals surface area contributed by atoms with Gasteiger partial charge in [0.1, 0.15) is 6.04 Å². The van der Waals surface area contributed by atoms with Crippen LogP contribution in [0.2, 0.25) is 15.1 Å². The maximum absolute atomic E-state index is 14.2. The lowest BCUT2D eigenvalue weighted by atomic mass is 9.94. The Labute approximate surface area is 281 Å². The van der Waals surface area contributed by atoms with E-state index in [0.29, 0.717) is 38.3 Å². The van der Waals surface area contributed by atoms with Gasteiger partial charge in [0, 0.05) is 52.6 Å². The number of halogens is 3. The van der Waals surface area contributed by atoms with E-state index in [1.807, 2.05) is 30.3 Å². The Kier molecular flexibility index (Phi) is 12.6. The van der Waals surface area contributed by atoms with Crippen LogP contribution in [0.25, 0.3) is 0 Å². The first-order valence-corrected chi connectivity index (χ1v) is 18.2. The normalized spacial score (nSPS) is 14.5. The van der Waals surface area contributed by atoms with Crippen molar-refractivity contribution in [2.45, 2.75) is 76.9 Å². The van der Waals surface area contributed by atoms with Crippen LogP contribution in [0, 0.1) is 6.92 Å². The molecule has 0 heterocycles. The van der Waals surface area contributed by atoms with Crippen molar-refractivity contribution in [3.05, 3.63) is 98.5 Å². The smallest absolute Gasteiger partial charge is 0.243 e. The Morgan fingerprint density at radius 1 is 0.889 bits per heavy atom. The van der Waals surface area contributed by atoms with Gasteiger partial charge in [-0.25, -0.2) is 8.42 Å². The standard InChI is InChI=1S/C34H40Cl3N3O4S/c1-24-28(35)16-10-19-31(24)40(45(2,43)44)21-11-20-33(41)39(23-27-29(36)17-9-18-30(27)37)32(22-25-12-5-3-6-13-25)34(42)38-26-14-7-4-8-15-26/h3,5-6,9-10,12-13,16-19,26,32H,4,7-8,11,14-15,20-23H2,1-2H3,(H,38,42)/t32-/m0/s1. The van der Waals surface area contributed by atoms with Gasteiger partial charge in [0.25, 0.3) is 0 Å². The zero-order valence-electron chi connectivity index (χ0n) is 25.6. The molecule has 242 valence electrons. The van der Waals surface area contributed by atoms with Crippen LogP contribution in [0.4, 0.5) is 5.69 Å². The number of rotatable bonds is 13. The number of amides is 2. The molecule has 0 radical (unpaired) electrons. The molecule has 1 fully saturated rings. The Hall–Kier alpha value is -2.78. The molecule has 45 heavy (non-hydrogen) atoms. The topological polar surface area (TPSA) is 86.8 Å². The molecule has 0 aromatic heterocycles. The number of sulfonamides is 1. The molecule has 1 aliphatic rings. The van der Waals surface area contributed by atoms with Gasteiger partial charge in [-0.2, -0.15) is 0 Å². The van der Waals surface area contributed by atoms with Gasteiger partial charge >= 0.3 is 0 Å². The number of carbonyl (C=O) groups excluding carboxylic acids is 2. The molecule has 1 saturated carbocycles. The van der Waals surface area contributed by atoms with Crippen molar-refractivity contribution in [3.63, 3.8) is 0 Å². The van der Waals surface area contributed by atoms with E-state index in [2.05, 4.69) is 5.32 Å². The number of hydrogen-bond donors (Lipinski definition) is 1. The second-order valence-electron chi connectivity index (χ2n) is 11.6. The van der Waals surface area contributed by atoms with Gasteiger partial charge in [0.05, 0.1) is 11.9 Å². The SMILES string of the molecule is Cc1c(Cl)cccc1N(CCCC(=O)N(Cc1c(Cl)cccc1Cl)[C@@H](Cc1ccccc1)C(=O)NC1CCCCC1)S(C)(=O)=O. The van der Waals surface area contributed by atoms with Crippen LogP contribution in [-0.2, 0) is 32.6 Å². The molecule has 0 unspecified atom stereocenters. The molecular formula is C34H40Cl3N3O4S. The summed E-state index contributed by atoms with van der Waals surface area (Å²) in [6, 6.07) is 19.0. The third-order valence-electron chi connectivity index (χ3n) is 8.27. The molecule has 1 N–H and O–H groups in total. The van der Waals surface area contributed by atoms with Crippen molar-refractivity contribution in [1.82, 2.24) is 10.2 Å². The highest BCUT2D eigenvalue weighted by molar-refractivity contribution is 7.92. The Bertz CT molecular complexity index is 1560. The summed E-state index contributed by atoms with van der Waals surface area (Å²) in [5, 5.41) is 4.46. The quantitative estimate of drug-likeness (QED) is 0.200. The average Bonchev–Trinajstić information content (AvgIpc) is 3.00. The number of benzene rings is 3. The molecule has 0 saturated heterocycles. The van der Waals surface area contributed by atoms with Gasteiger partial charge in [-0.05, 0) is 61.6 Å². The first-order chi connectivity index (χ1) is 21.5. The van der Waals surface area contributed by atoms with E-state index in [1.165, 1.54) is 4.31 Å². The highest BCUT2D eigenvalue weighted by Gasteiger charge is 2.33. The van der Waals surface area contributed by atoms with Crippen molar-refractivity contribution < 1.29 is 18.0 Å². The number of anilines is 1. The van der Waals surface area contributed by atoms with Crippen LogP contribution in [0.1, 0.15) is 61.6 Å². The number of nitrogens with zero attached hydrogens (tertiary/aromatic N) is 2. The van der Waals surface area contributed by atoms with Crippen LogP contribution in [0.3, 0.4) is 0 Å². The fourth-order valence-corrected chi connectivity index (χ4v) is 7.50. The average molecular weight is 693 g/mol. The maximum Gasteiger partial charge on any atom is 0.243 e. The minimum absolute atomic E-state index is 0.00426. The van der Waals surface area contributed by atoms with E-state index < -0.39 is 16.1 Å². The van der Waals surface area contributed by atoms with E-state index in [-0.39, 0.29) is 43.8 Å². The Morgan fingerprint density at radius 3 is 2.16 bits per heavy atom. The number of nitrogens with one attached hydrogen (secondary N) is 1. The fourth-order valence-electron chi connectivity index (χ4n) is 5.80. The second-order valence-corrected chi connectivity index (χ2v) is 14.7. The fraction of sp³-hybridized carbons (Fsp3) is 0.412. The predicted octanol–water partition coefficient (Wildman–Crippen LogP) is 7.59. The van der Waals surface area contributed by atoms with Gasteiger partial charge in [0.2, 0.25) is 21.8 Å². The summed E-state index contributed by atoms with van der Waals surface area (Å²) in [6.45, 7) is 1.84. The largest absolute Gasteiger partial charge is 0.352 e. The molecule has 0 spiro atoms. The summed E-state index contributed by atoms with van der Waals surface area (Å²) < 4.78 is 26.9. The summed E-state index contributed by atoms with van der Waals surface area (Å²) in [5.74, 6) is -0.531. The molecule has 1 atom stereocenters. The predicted molar refractivity (Wildman–Crippen MR) is 184 cm³/mol. The van der Waals surface area contributed by atoms with Crippen molar-refractivity contribution in [2.75, 3.05) is 17.1 Å². The highest BCUT2D eigenvalue weighted by atomic mass is 35.5. The van der Waals surface area contributed by atoms with Gasteiger partial charge < -0.3 is 10.2 Å². The molecule has 3 aromatic carbocycles. The number of hydrogen-bond acceptors (Lipinski definition) is 4. The van der Waals surface area contributed by atoms with Crippen molar-refractivity contribution in [1.29, 1.82) is 0 Å². The summed E-state index contributed by atoms with van der Waals surface area (Å²) in [4.78, 5) is 29.7. The number of carbonyl (C=O) groups is 2. The van der Waals surface area contributed by atoms with Crippen molar-refractivity contribution in [3.8, 4) is 0 Å². The Morgan fingerprint density at radius 2 is 1.51 bits per heavy atom. The minimum Gasteiger partial charge on any atom is -0.352 e. The zero-order valence-corrected chi connectivity index (χ0v) is 28.7. The molecule has 7 nitrogen and oxygen atoms in total. The second kappa shape index (κ2) is 16.2. The van der Waals surface area contributed by atoms with E-state index in [0.717, 1.165) is 43.9 Å². The van der Waals surface area contributed by atoms with E-state index >= 15 is 0 Å². The van der Waals surface area contributed by atoms with Gasteiger partial charge in [-0.1, -0.05) is 96.5 Å². The summed E-state index contributed by atoms with van der Waals surface area (Å²) in [7, 11) is -3.67. The lowest BCUT2D eigenvalue weighted by Gasteiger charge is -2.34. The zero-order chi connectivity index (χ0) is 32.6. The monoisotopic (exact) mass is 691 g/mol. The molecule has 1 aliphatic carbocycles. The first kappa shape index (κ1) is 35.1. The summed E-state index contributed by atoms with van der Waals surface area (Å²) in [6.07, 6.45) is 6.69. The van der Waals surface area contributed by atoms with Crippen molar-refractivity contribution in [2.24, 2.45) is 0 Å². The third kappa shape index (κ3) is 9.61. The Balaban J connectivity index is 1.64. The molecule has 0 aliphatic heterocycles. The van der Waals surface area contributed by atoms with Crippen molar-refractivity contribution >= 4 is 62.3 Å². The van der Waals surface area contributed by atoms with Crippen LogP contribution in [0.5, 0.6) is 0 Å². The van der Waals surface area contributed by atoms with Crippen LogP contribution < -0.4 is 9.62 Å². The highest BCUT2D eigenvalue weighted by Crippen LogP contribution is 2.30. The van der Waals surface area contributed by atoms with Gasteiger partial charge in [0.15, 0.2) is 0 Å². The lowest BCUT2D eigenvalue weighted by molar-refractivity contribution is -0.141. The molecular weight excluding hydrogens is 653 g/mol. The first-order valence-electron chi connectivity index (χ1n) is 15.2. The van der Waals surface area contributed by atoms with Gasteiger partial charge in [-0.3, -0.25) is 13.9 Å². The molecule has 11 heteroatoms. The summed E-state index contributed by atoms with van der Waals surface area (Å²) >= 11 is 19.4. The third-order valence-corrected chi connectivity index (χ3v) is 10.6. The van der Waals surface area contributed by atoms with E-state index in [4.69, 9.17) is 34.8 Å². The minimum atomic E-state index is -3.67. The van der Waals surface area contributed by atoms with E-state index in [1.54, 1.807) is 48.2 Å². The van der Waals surface area contributed by atoms with Gasteiger partial charge in [-0.15, -0.1) is 0 Å². The maximum atomic E-state index is 14.2. The van der Waals surface area contributed by atoms with Crippen LogP contribution >= 0.6 is 34.8 Å². The molecule has 3 aromatic rings.